The van der Waals surface area contributed by atoms with E-state index in [4.69, 9.17) is 24.7 Å². The van der Waals surface area contributed by atoms with Crippen molar-refractivity contribution in [3.63, 3.8) is 0 Å². The highest BCUT2D eigenvalue weighted by atomic mass is 35.5. The molecule has 0 radical (unpaired) electrons. The van der Waals surface area contributed by atoms with Crippen molar-refractivity contribution in [2.24, 2.45) is 5.92 Å². The van der Waals surface area contributed by atoms with Crippen LogP contribution in [0.15, 0.2) is 30.3 Å². The number of carbonyl (C=O) groups excluding carboxylic acids is 1. The quantitative estimate of drug-likeness (QED) is 0.798. The first-order valence-electron chi connectivity index (χ1n) is 7.94. The number of nitrogens with one attached hydrogen (secondary N) is 1. The molecule has 0 fully saturated rings. The largest absolute Gasteiger partial charge is 0.497 e. The molecule has 8 heteroatoms. The van der Waals surface area contributed by atoms with E-state index in [9.17, 15) is 4.79 Å². The van der Waals surface area contributed by atoms with E-state index in [2.05, 4.69) is 5.32 Å². The fourth-order valence-electron chi connectivity index (χ4n) is 2.97. The number of anilines is 2. The molecule has 26 heavy (non-hydrogen) atoms. The number of amides is 1. The van der Waals surface area contributed by atoms with E-state index in [0.717, 1.165) is 17.1 Å². The van der Waals surface area contributed by atoms with Crippen LogP contribution < -0.4 is 30.0 Å². The Kier molecular flexibility index (Phi) is 4.99. The molecule has 0 aromatic heterocycles. The zero-order valence-corrected chi connectivity index (χ0v) is 14.9. The van der Waals surface area contributed by atoms with Crippen LogP contribution in [0.1, 0.15) is 5.56 Å². The van der Waals surface area contributed by atoms with Gasteiger partial charge in [0, 0.05) is 12.1 Å². The molecule has 2 aromatic carbocycles. The Morgan fingerprint density at radius 2 is 1.92 bits per heavy atom. The van der Waals surface area contributed by atoms with Gasteiger partial charge in [0.25, 0.3) is 0 Å². The number of fused-ring (bicyclic) bond motifs is 2. The average Bonchev–Trinajstić information content (AvgIpc) is 3.08. The van der Waals surface area contributed by atoms with Crippen molar-refractivity contribution in [1.29, 1.82) is 0 Å². The van der Waals surface area contributed by atoms with Gasteiger partial charge in [-0.05, 0) is 30.2 Å². The van der Waals surface area contributed by atoms with Crippen LogP contribution in [0.4, 0.5) is 11.4 Å². The predicted molar refractivity (Wildman–Crippen MR) is 98.5 cm³/mol. The Labute approximate surface area is 156 Å². The third kappa shape index (κ3) is 3.30. The topological polar surface area (TPSA) is 92.0 Å². The monoisotopic (exact) mass is 378 g/mol. The molecule has 2 aliphatic heterocycles. The number of ether oxygens (including phenoxy) is 4. The van der Waals surface area contributed by atoms with Crippen molar-refractivity contribution < 1.29 is 23.7 Å². The van der Waals surface area contributed by atoms with Crippen molar-refractivity contribution in [1.82, 2.24) is 0 Å². The Morgan fingerprint density at radius 3 is 2.69 bits per heavy atom. The van der Waals surface area contributed by atoms with Gasteiger partial charge in [-0.15, -0.1) is 12.4 Å². The van der Waals surface area contributed by atoms with E-state index in [1.54, 1.807) is 19.2 Å². The van der Waals surface area contributed by atoms with Crippen LogP contribution in [0.3, 0.4) is 0 Å². The Balaban J connectivity index is 0.00000196. The van der Waals surface area contributed by atoms with E-state index in [1.807, 2.05) is 18.2 Å². The van der Waals surface area contributed by atoms with Crippen molar-refractivity contribution in [3.8, 4) is 23.0 Å². The molecule has 1 amide bonds. The van der Waals surface area contributed by atoms with Gasteiger partial charge in [-0.25, -0.2) is 0 Å². The number of carbonyl (C=O) groups is 1. The minimum absolute atomic E-state index is 0. The van der Waals surface area contributed by atoms with Crippen LogP contribution in [0.2, 0.25) is 0 Å². The first-order chi connectivity index (χ1) is 12.1. The third-order valence-corrected chi connectivity index (χ3v) is 4.35. The summed E-state index contributed by atoms with van der Waals surface area (Å²) in [7, 11) is 1.61. The van der Waals surface area contributed by atoms with Crippen LogP contribution in [0.5, 0.6) is 23.0 Å². The number of halogens is 1. The third-order valence-electron chi connectivity index (χ3n) is 4.35. The van der Waals surface area contributed by atoms with Crippen LogP contribution in [0, 0.1) is 5.92 Å². The fourth-order valence-corrected chi connectivity index (χ4v) is 2.97. The van der Waals surface area contributed by atoms with Crippen molar-refractivity contribution in [2.45, 2.75) is 6.42 Å². The molecule has 0 saturated heterocycles. The van der Waals surface area contributed by atoms with Crippen LogP contribution in [-0.4, -0.2) is 26.4 Å². The zero-order valence-electron chi connectivity index (χ0n) is 14.1. The summed E-state index contributed by atoms with van der Waals surface area (Å²) in [5.41, 5.74) is 7.87. The molecular weight excluding hydrogens is 360 g/mol. The van der Waals surface area contributed by atoms with Gasteiger partial charge < -0.3 is 30.0 Å². The number of methoxy groups -OCH3 is 1. The molecule has 0 aliphatic carbocycles. The van der Waals surface area contributed by atoms with Gasteiger partial charge >= 0.3 is 0 Å². The highest BCUT2D eigenvalue weighted by molar-refractivity contribution is 5.96. The van der Waals surface area contributed by atoms with Gasteiger partial charge in [-0.3, -0.25) is 4.79 Å². The van der Waals surface area contributed by atoms with Gasteiger partial charge in [-0.2, -0.15) is 0 Å². The number of nitrogens with two attached hydrogens (primary N) is 1. The van der Waals surface area contributed by atoms with Gasteiger partial charge in [0.1, 0.15) is 18.1 Å². The molecule has 138 valence electrons. The summed E-state index contributed by atoms with van der Waals surface area (Å²) in [5.74, 6) is 2.20. The lowest BCUT2D eigenvalue weighted by Crippen LogP contribution is -2.32. The molecule has 2 heterocycles. The van der Waals surface area contributed by atoms with E-state index in [1.165, 1.54) is 0 Å². The average molecular weight is 379 g/mol. The van der Waals surface area contributed by atoms with Gasteiger partial charge in [0.15, 0.2) is 11.5 Å². The lowest BCUT2D eigenvalue weighted by molar-refractivity contribution is -0.121. The van der Waals surface area contributed by atoms with Crippen LogP contribution in [-0.2, 0) is 11.2 Å². The van der Waals surface area contributed by atoms with E-state index in [-0.39, 0.29) is 31.0 Å². The van der Waals surface area contributed by atoms with E-state index >= 15 is 0 Å². The first-order valence-corrected chi connectivity index (χ1v) is 7.94. The predicted octanol–water partition coefficient (Wildman–Crippen LogP) is 2.62. The summed E-state index contributed by atoms with van der Waals surface area (Å²) >= 11 is 0. The lowest BCUT2D eigenvalue weighted by atomic mass is 9.95. The maximum absolute atomic E-state index is 12.6. The molecule has 7 nitrogen and oxygen atoms in total. The number of hydrogen-bond donors (Lipinski definition) is 2. The minimum Gasteiger partial charge on any atom is -0.497 e. The lowest BCUT2D eigenvalue weighted by Gasteiger charge is -2.25. The Morgan fingerprint density at radius 1 is 1.15 bits per heavy atom. The van der Waals surface area contributed by atoms with E-state index < -0.39 is 0 Å². The smallest absolute Gasteiger partial charge is 0.231 e. The molecule has 2 aliphatic rings. The molecular formula is C18H19ClN2O5. The molecule has 0 saturated carbocycles. The number of benzene rings is 2. The standard InChI is InChI=1S/C18H18N2O5.ClH/c1-22-12-2-3-15-10(5-12)4-11(8-23-15)18(21)20-14-7-17-16(6-13(14)19)24-9-25-17;/h2-3,5-7,11H,4,8-9,19H2,1H3,(H,20,21);1H. The Bertz CT molecular complexity index is 843. The molecule has 1 unspecified atom stereocenters. The zero-order chi connectivity index (χ0) is 17.4. The summed E-state index contributed by atoms with van der Waals surface area (Å²) in [4.78, 5) is 12.6. The summed E-state index contributed by atoms with van der Waals surface area (Å²) < 4.78 is 21.5. The highest BCUT2D eigenvalue weighted by Gasteiger charge is 2.27. The molecule has 0 bridgehead atoms. The summed E-state index contributed by atoms with van der Waals surface area (Å²) in [6.45, 7) is 0.469. The van der Waals surface area contributed by atoms with Gasteiger partial charge in [-0.1, -0.05) is 0 Å². The van der Waals surface area contributed by atoms with Crippen molar-refractivity contribution in [2.75, 3.05) is 31.6 Å². The maximum atomic E-state index is 12.6. The first kappa shape index (κ1) is 18.0. The molecule has 3 N–H and O–H groups in total. The van der Waals surface area contributed by atoms with Gasteiger partial charge in [0.05, 0.1) is 24.4 Å². The maximum Gasteiger partial charge on any atom is 0.231 e. The summed E-state index contributed by atoms with van der Waals surface area (Å²) in [6.07, 6.45) is 0.572. The molecule has 2 aromatic rings. The SMILES string of the molecule is COc1ccc2c(c1)CC(C(=O)Nc1cc3c(cc1N)OCO3)CO2.Cl. The summed E-state index contributed by atoms with van der Waals surface area (Å²) in [5, 5.41) is 2.86. The van der Waals surface area contributed by atoms with Gasteiger partial charge in [0.2, 0.25) is 12.7 Å². The molecule has 4 rings (SSSR count). The number of hydrogen-bond acceptors (Lipinski definition) is 6. The number of nitrogen functional groups attached to an aromatic ring is 1. The Hall–Kier alpha value is -2.80. The second kappa shape index (κ2) is 7.21. The van der Waals surface area contributed by atoms with E-state index in [0.29, 0.717) is 35.9 Å². The second-order valence-electron chi connectivity index (χ2n) is 5.97. The summed E-state index contributed by atoms with van der Waals surface area (Å²) in [6, 6.07) is 8.92. The molecule has 0 spiro atoms. The normalized spacial score (nSPS) is 16.7. The van der Waals surface area contributed by atoms with Crippen molar-refractivity contribution >= 4 is 29.7 Å². The van der Waals surface area contributed by atoms with Crippen LogP contribution >= 0.6 is 12.4 Å². The molecule has 1 atom stereocenters. The second-order valence-corrected chi connectivity index (χ2v) is 5.97. The number of rotatable bonds is 3. The van der Waals surface area contributed by atoms with Crippen molar-refractivity contribution in [3.05, 3.63) is 35.9 Å². The fraction of sp³-hybridized carbons (Fsp3) is 0.278. The minimum atomic E-state index is -0.315. The highest BCUT2D eigenvalue weighted by Crippen LogP contribution is 2.38. The van der Waals surface area contributed by atoms with Crippen LogP contribution in [0.25, 0.3) is 0 Å².